The number of imide groups is 1. The van der Waals surface area contributed by atoms with Crippen LogP contribution in [0.2, 0.25) is 0 Å². The van der Waals surface area contributed by atoms with Crippen molar-refractivity contribution in [2.75, 3.05) is 19.6 Å². The summed E-state index contributed by atoms with van der Waals surface area (Å²) >= 11 is 0. The minimum atomic E-state index is -0.523. The molecule has 2 rings (SSSR count). The molecule has 0 spiro atoms. The first-order valence-corrected chi connectivity index (χ1v) is 5.34. The second kappa shape index (κ2) is 4.82. The Labute approximate surface area is 93.1 Å². The molecule has 1 saturated heterocycles. The van der Waals surface area contributed by atoms with Gasteiger partial charge in [0.2, 0.25) is 0 Å². The highest BCUT2D eigenvalue weighted by Gasteiger charge is 2.30. The number of hydrogen-bond acceptors (Lipinski definition) is 5. The largest absolute Gasteiger partial charge is 0.356 e. The number of carbonyl (C=O) groups excluding carboxylic acids is 2. The SMILES string of the molecule is O=C1[N]C(=O)[C@H](CCCNC2=NCCN2)N1. The van der Waals surface area contributed by atoms with E-state index in [4.69, 9.17) is 0 Å². The van der Waals surface area contributed by atoms with Crippen molar-refractivity contribution in [1.29, 1.82) is 0 Å². The van der Waals surface area contributed by atoms with Gasteiger partial charge in [0.1, 0.15) is 6.04 Å². The Hall–Kier alpha value is -1.79. The van der Waals surface area contributed by atoms with Crippen LogP contribution in [0.15, 0.2) is 4.99 Å². The average molecular weight is 224 g/mol. The summed E-state index contributed by atoms with van der Waals surface area (Å²) in [6.45, 7) is 2.41. The van der Waals surface area contributed by atoms with Crippen molar-refractivity contribution >= 4 is 17.9 Å². The molecule has 0 aromatic rings. The summed E-state index contributed by atoms with van der Waals surface area (Å²) in [7, 11) is 0. The molecule has 2 heterocycles. The van der Waals surface area contributed by atoms with Gasteiger partial charge in [-0.05, 0) is 12.8 Å². The summed E-state index contributed by atoms with van der Waals surface area (Å²) in [5.74, 6) is 0.452. The van der Waals surface area contributed by atoms with Crippen LogP contribution in [0, 0.1) is 0 Å². The number of hydrogen-bond donors (Lipinski definition) is 3. The molecule has 0 aliphatic carbocycles. The number of nitrogens with zero attached hydrogens (tertiary/aromatic N) is 2. The maximum Gasteiger partial charge on any atom is 0.344 e. The fourth-order valence-electron chi connectivity index (χ4n) is 1.65. The van der Waals surface area contributed by atoms with Crippen molar-refractivity contribution in [3.8, 4) is 0 Å². The van der Waals surface area contributed by atoms with Crippen molar-refractivity contribution in [1.82, 2.24) is 21.3 Å². The number of amides is 3. The van der Waals surface area contributed by atoms with E-state index < -0.39 is 12.1 Å². The average Bonchev–Trinajstić information content (AvgIpc) is 2.84. The highest BCUT2D eigenvalue weighted by Crippen LogP contribution is 2.02. The minimum absolute atomic E-state index is 0.360. The molecule has 87 valence electrons. The van der Waals surface area contributed by atoms with E-state index in [1.54, 1.807) is 0 Å². The number of carbonyl (C=O) groups is 2. The molecular weight excluding hydrogens is 210 g/mol. The minimum Gasteiger partial charge on any atom is -0.356 e. The summed E-state index contributed by atoms with van der Waals surface area (Å²) in [5.41, 5.74) is 0. The van der Waals surface area contributed by atoms with E-state index in [0.29, 0.717) is 6.42 Å². The first kappa shape index (κ1) is 10.7. The van der Waals surface area contributed by atoms with E-state index in [0.717, 1.165) is 32.0 Å². The van der Waals surface area contributed by atoms with E-state index >= 15 is 0 Å². The van der Waals surface area contributed by atoms with Gasteiger partial charge in [-0.2, -0.15) is 5.32 Å². The molecule has 0 aromatic heterocycles. The van der Waals surface area contributed by atoms with Crippen molar-refractivity contribution in [2.45, 2.75) is 18.9 Å². The Bertz CT molecular complexity index is 328. The van der Waals surface area contributed by atoms with Gasteiger partial charge in [-0.15, -0.1) is 0 Å². The van der Waals surface area contributed by atoms with Crippen LogP contribution in [0.4, 0.5) is 4.79 Å². The van der Waals surface area contributed by atoms with Crippen LogP contribution >= 0.6 is 0 Å². The Kier molecular flexibility index (Phi) is 3.23. The number of guanidine groups is 1. The van der Waals surface area contributed by atoms with Gasteiger partial charge in [0.15, 0.2) is 5.96 Å². The number of rotatable bonds is 4. The van der Waals surface area contributed by atoms with Crippen LogP contribution in [-0.2, 0) is 4.79 Å². The third kappa shape index (κ3) is 2.62. The second-order valence-corrected chi connectivity index (χ2v) is 3.68. The molecule has 1 radical (unpaired) electrons. The lowest BCUT2D eigenvalue weighted by Crippen LogP contribution is -2.35. The molecule has 1 atom stereocenters. The predicted molar refractivity (Wildman–Crippen MR) is 57.0 cm³/mol. The zero-order valence-corrected chi connectivity index (χ0v) is 8.82. The van der Waals surface area contributed by atoms with Gasteiger partial charge in [0.05, 0.1) is 6.54 Å². The van der Waals surface area contributed by atoms with E-state index in [1.807, 2.05) is 0 Å². The third-order valence-corrected chi connectivity index (χ3v) is 2.44. The zero-order valence-electron chi connectivity index (χ0n) is 8.82. The Morgan fingerprint density at radius 3 is 2.94 bits per heavy atom. The fraction of sp³-hybridized carbons (Fsp3) is 0.667. The molecule has 3 amide bonds. The van der Waals surface area contributed by atoms with Crippen molar-refractivity contribution < 1.29 is 9.59 Å². The van der Waals surface area contributed by atoms with Gasteiger partial charge in [-0.25, -0.2) is 4.79 Å². The van der Waals surface area contributed by atoms with Crippen molar-refractivity contribution in [2.24, 2.45) is 4.99 Å². The highest BCUT2D eigenvalue weighted by molar-refractivity contribution is 6.03. The molecule has 0 unspecified atom stereocenters. The van der Waals surface area contributed by atoms with E-state index in [1.165, 1.54) is 0 Å². The molecule has 0 bridgehead atoms. The Morgan fingerprint density at radius 2 is 2.31 bits per heavy atom. The zero-order chi connectivity index (χ0) is 11.4. The number of urea groups is 1. The molecule has 7 nitrogen and oxygen atoms in total. The van der Waals surface area contributed by atoms with E-state index in [-0.39, 0.29) is 5.91 Å². The van der Waals surface area contributed by atoms with Crippen LogP contribution in [-0.4, -0.2) is 43.6 Å². The smallest absolute Gasteiger partial charge is 0.344 e. The molecular formula is C9H14N5O2. The van der Waals surface area contributed by atoms with Gasteiger partial charge < -0.3 is 16.0 Å². The van der Waals surface area contributed by atoms with Crippen LogP contribution in [0.1, 0.15) is 12.8 Å². The summed E-state index contributed by atoms with van der Waals surface area (Å²) in [5, 5.41) is 12.0. The van der Waals surface area contributed by atoms with Gasteiger partial charge in [-0.3, -0.25) is 9.79 Å². The normalized spacial score (nSPS) is 23.5. The lowest BCUT2D eigenvalue weighted by atomic mass is 10.1. The second-order valence-electron chi connectivity index (χ2n) is 3.68. The highest BCUT2D eigenvalue weighted by atomic mass is 16.2. The fourth-order valence-corrected chi connectivity index (χ4v) is 1.65. The maximum atomic E-state index is 11.1. The molecule has 1 fully saturated rings. The standard InChI is InChI=1S/C9H14N5O2/c15-7-6(13-9(16)14-7)2-1-3-10-8-11-4-5-12-8/h6H,1-5H2,(H,13,16)(H2,10,11,12)/t6-/m0/s1. The Balaban J connectivity index is 1.61. The predicted octanol–water partition coefficient (Wildman–Crippen LogP) is -1.46. The van der Waals surface area contributed by atoms with Gasteiger partial charge >= 0.3 is 6.03 Å². The van der Waals surface area contributed by atoms with E-state index in [2.05, 4.69) is 26.3 Å². The lowest BCUT2D eigenvalue weighted by Gasteiger charge is -2.08. The summed E-state index contributed by atoms with van der Waals surface area (Å²) < 4.78 is 0. The molecule has 16 heavy (non-hydrogen) atoms. The van der Waals surface area contributed by atoms with Crippen LogP contribution in [0.3, 0.4) is 0 Å². The summed E-state index contributed by atoms with van der Waals surface area (Å²) in [6.07, 6.45) is 1.39. The van der Waals surface area contributed by atoms with Crippen LogP contribution < -0.4 is 21.3 Å². The molecule has 2 aliphatic heterocycles. The molecule has 0 saturated carbocycles. The Morgan fingerprint density at radius 1 is 1.44 bits per heavy atom. The van der Waals surface area contributed by atoms with Crippen LogP contribution in [0.25, 0.3) is 0 Å². The molecule has 7 heteroatoms. The van der Waals surface area contributed by atoms with Crippen molar-refractivity contribution in [3.05, 3.63) is 0 Å². The van der Waals surface area contributed by atoms with Gasteiger partial charge in [-0.1, -0.05) is 0 Å². The quantitative estimate of drug-likeness (QED) is 0.401. The monoisotopic (exact) mass is 224 g/mol. The first-order valence-electron chi connectivity index (χ1n) is 5.34. The number of nitrogens with one attached hydrogen (secondary N) is 3. The molecule has 3 N–H and O–H groups in total. The first-order chi connectivity index (χ1) is 7.75. The van der Waals surface area contributed by atoms with Crippen molar-refractivity contribution in [3.63, 3.8) is 0 Å². The number of aliphatic imine (C=N–C) groups is 1. The molecule has 2 aliphatic rings. The summed E-state index contributed by atoms with van der Waals surface area (Å²) in [4.78, 5) is 26.1. The van der Waals surface area contributed by atoms with E-state index in [9.17, 15) is 9.59 Å². The summed E-state index contributed by atoms with van der Waals surface area (Å²) in [6, 6.07) is -0.961. The van der Waals surface area contributed by atoms with Gasteiger partial charge in [0.25, 0.3) is 5.91 Å². The van der Waals surface area contributed by atoms with Crippen LogP contribution in [0.5, 0.6) is 0 Å². The topological polar surface area (TPSA) is 96.7 Å². The third-order valence-electron chi connectivity index (χ3n) is 2.44. The maximum absolute atomic E-state index is 11.1. The molecule has 0 aromatic carbocycles. The van der Waals surface area contributed by atoms with Gasteiger partial charge in [0, 0.05) is 13.1 Å². The lowest BCUT2D eigenvalue weighted by molar-refractivity contribution is -0.120.